The Labute approximate surface area is 90.9 Å². The number of anilines is 1. The van der Waals surface area contributed by atoms with E-state index in [1.807, 2.05) is 19.1 Å². The van der Waals surface area contributed by atoms with Crippen LogP contribution in [0, 0.1) is 5.92 Å². The van der Waals surface area contributed by atoms with E-state index in [2.05, 4.69) is 26.5 Å². The average molecular weight is 211 g/mol. The van der Waals surface area contributed by atoms with Gasteiger partial charge < -0.3 is 10.5 Å². The lowest BCUT2D eigenvalue weighted by molar-refractivity contribution is 0.171. The molecular weight excluding hydrogens is 194 g/mol. The van der Waals surface area contributed by atoms with Gasteiger partial charge in [-0.25, -0.2) is 0 Å². The van der Waals surface area contributed by atoms with Crippen LogP contribution in [0.3, 0.4) is 0 Å². The number of ether oxygens (including phenoxy) is 1. The zero-order valence-corrected chi connectivity index (χ0v) is 9.71. The second-order valence-corrected chi connectivity index (χ2v) is 4.31. The maximum absolute atomic E-state index is 5.80. The maximum Gasteiger partial charge on any atom is 0.142 e. The number of hydrogen-bond acceptors (Lipinski definition) is 3. The number of nitrogen functional groups attached to an aromatic ring is 1. The van der Waals surface area contributed by atoms with Crippen LogP contribution in [-0.2, 0) is 0 Å². The van der Waals surface area contributed by atoms with Gasteiger partial charge in [-0.2, -0.15) is 0 Å². The van der Waals surface area contributed by atoms with Gasteiger partial charge in [0.1, 0.15) is 5.75 Å². The van der Waals surface area contributed by atoms with Gasteiger partial charge in [0.2, 0.25) is 0 Å². The van der Waals surface area contributed by atoms with Crippen LogP contribution in [0.1, 0.15) is 20.8 Å². The van der Waals surface area contributed by atoms with Crippen molar-refractivity contribution in [3.05, 3.63) is 18.2 Å². The van der Waals surface area contributed by atoms with Gasteiger partial charge in [-0.15, -0.1) is 12.6 Å². The highest BCUT2D eigenvalue weighted by Crippen LogP contribution is 2.26. The Morgan fingerprint density at radius 1 is 1.29 bits per heavy atom. The topological polar surface area (TPSA) is 35.2 Å². The number of hydrogen-bond donors (Lipinski definition) is 2. The summed E-state index contributed by atoms with van der Waals surface area (Å²) in [6.07, 6.45) is 0.170. The van der Waals surface area contributed by atoms with Crippen LogP contribution in [-0.4, -0.2) is 6.10 Å². The van der Waals surface area contributed by atoms with E-state index in [0.717, 1.165) is 10.6 Å². The van der Waals surface area contributed by atoms with Gasteiger partial charge in [0.15, 0.2) is 0 Å². The van der Waals surface area contributed by atoms with Gasteiger partial charge in [0.05, 0.1) is 11.8 Å². The Balaban J connectivity index is 2.77. The first-order valence-electron chi connectivity index (χ1n) is 4.76. The first kappa shape index (κ1) is 11.2. The van der Waals surface area contributed by atoms with Crippen molar-refractivity contribution >= 4 is 18.3 Å². The summed E-state index contributed by atoms with van der Waals surface area (Å²) in [5.41, 5.74) is 6.44. The third-order valence-electron chi connectivity index (χ3n) is 2.25. The Kier molecular flexibility index (Phi) is 3.69. The van der Waals surface area contributed by atoms with E-state index >= 15 is 0 Å². The molecule has 14 heavy (non-hydrogen) atoms. The monoisotopic (exact) mass is 211 g/mol. The quantitative estimate of drug-likeness (QED) is 0.595. The predicted octanol–water partition coefficient (Wildman–Crippen LogP) is 2.98. The smallest absolute Gasteiger partial charge is 0.142 e. The minimum atomic E-state index is 0.170. The Bertz CT molecular complexity index is 312. The molecule has 0 aliphatic carbocycles. The van der Waals surface area contributed by atoms with E-state index in [0.29, 0.717) is 11.6 Å². The van der Waals surface area contributed by atoms with Gasteiger partial charge in [0.25, 0.3) is 0 Å². The summed E-state index contributed by atoms with van der Waals surface area (Å²) in [5.74, 6) is 1.22. The summed E-state index contributed by atoms with van der Waals surface area (Å²) in [5, 5.41) is 0. The summed E-state index contributed by atoms with van der Waals surface area (Å²) in [6.45, 7) is 6.28. The number of benzene rings is 1. The zero-order valence-electron chi connectivity index (χ0n) is 8.82. The second-order valence-electron chi connectivity index (χ2n) is 3.79. The minimum Gasteiger partial charge on any atom is -0.488 e. The lowest BCUT2D eigenvalue weighted by Crippen LogP contribution is -2.19. The minimum absolute atomic E-state index is 0.170. The maximum atomic E-state index is 5.80. The van der Waals surface area contributed by atoms with Crippen molar-refractivity contribution in [1.29, 1.82) is 0 Å². The molecule has 0 saturated carbocycles. The van der Waals surface area contributed by atoms with Crippen molar-refractivity contribution in [2.75, 3.05) is 5.73 Å². The lowest BCUT2D eigenvalue weighted by atomic mass is 10.1. The van der Waals surface area contributed by atoms with E-state index < -0.39 is 0 Å². The highest BCUT2D eigenvalue weighted by atomic mass is 32.1. The third kappa shape index (κ3) is 2.84. The molecular formula is C11H17NOS. The van der Waals surface area contributed by atoms with Crippen LogP contribution in [0.4, 0.5) is 5.69 Å². The van der Waals surface area contributed by atoms with Crippen LogP contribution in [0.15, 0.2) is 23.1 Å². The van der Waals surface area contributed by atoms with Gasteiger partial charge in [-0.1, -0.05) is 13.8 Å². The van der Waals surface area contributed by atoms with E-state index in [4.69, 9.17) is 10.5 Å². The summed E-state index contributed by atoms with van der Waals surface area (Å²) >= 11 is 4.20. The third-order valence-corrected chi connectivity index (χ3v) is 2.52. The summed E-state index contributed by atoms with van der Waals surface area (Å²) in [4.78, 5) is 0.854. The molecule has 0 spiro atoms. The fourth-order valence-electron chi connectivity index (χ4n) is 0.980. The number of thiol groups is 1. The molecule has 3 heteroatoms. The van der Waals surface area contributed by atoms with Crippen molar-refractivity contribution < 1.29 is 4.74 Å². The van der Waals surface area contributed by atoms with Gasteiger partial charge in [0, 0.05) is 4.90 Å². The van der Waals surface area contributed by atoms with Gasteiger partial charge >= 0.3 is 0 Å². The van der Waals surface area contributed by atoms with Crippen molar-refractivity contribution in [1.82, 2.24) is 0 Å². The molecule has 0 aliphatic rings. The number of rotatable bonds is 3. The van der Waals surface area contributed by atoms with Crippen LogP contribution >= 0.6 is 12.6 Å². The summed E-state index contributed by atoms with van der Waals surface area (Å²) in [6, 6.07) is 5.53. The molecule has 1 unspecified atom stereocenters. The molecule has 0 heterocycles. The molecule has 0 bridgehead atoms. The number of nitrogens with two attached hydrogens (primary N) is 1. The van der Waals surface area contributed by atoms with Crippen LogP contribution in [0.2, 0.25) is 0 Å². The average Bonchev–Trinajstić information content (AvgIpc) is 2.09. The van der Waals surface area contributed by atoms with Crippen molar-refractivity contribution in [3.63, 3.8) is 0 Å². The SMILES string of the molecule is CC(C)C(C)Oc1ccc(S)cc1N. The Hall–Kier alpha value is -0.830. The van der Waals surface area contributed by atoms with Crippen LogP contribution in [0.25, 0.3) is 0 Å². The molecule has 0 saturated heterocycles. The molecule has 1 aromatic carbocycles. The Morgan fingerprint density at radius 2 is 1.93 bits per heavy atom. The summed E-state index contributed by atoms with van der Waals surface area (Å²) < 4.78 is 5.70. The highest BCUT2D eigenvalue weighted by Gasteiger charge is 2.10. The van der Waals surface area contributed by atoms with Crippen molar-refractivity contribution in [3.8, 4) is 5.75 Å². The highest BCUT2D eigenvalue weighted by molar-refractivity contribution is 7.80. The van der Waals surface area contributed by atoms with Crippen LogP contribution in [0.5, 0.6) is 5.75 Å². The normalized spacial score (nSPS) is 12.9. The molecule has 78 valence electrons. The van der Waals surface area contributed by atoms with Crippen molar-refractivity contribution in [2.45, 2.75) is 31.8 Å². The van der Waals surface area contributed by atoms with E-state index in [1.165, 1.54) is 0 Å². The predicted molar refractivity (Wildman–Crippen MR) is 63.0 cm³/mol. The molecule has 0 aromatic heterocycles. The summed E-state index contributed by atoms with van der Waals surface area (Å²) in [7, 11) is 0. The lowest BCUT2D eigenvalue weighted by Gasteiger charge is -2.19. The van der Waals surface area contributed by atoms with Gasteiger partial charge in [-0.3, -0.25) is 0 Å². The first-order chi connectivity index (χ1) is 6.50. The zero-order chi connectivity index (χ0) is 10.7. The fraction of sp³-hybridized carbons (Fsp3) is 0.455. The van der Waals surface area contributed by atoms with E-state index in [1.54, 1.807) is 6.07 Å². The fourth-order valence-corrected chi connectivity index (χ4v) is 1.19. The molecule has 0 amide bonds. The van der Waals surface area contributed by atoms with Crippen molar-refractivity contribution in [2.24, 2.45) is 5.92 Å². The molecule has 0 radical (unpaired) electrons. The molecule has 1 atom stereocenters. The molecule has 2 nitrogen and oxygen atoms in total. The first-order valence-corrected chi connectivity index (χ1v) is 5.20. The largest absolute Gasteiger partial charge is 0.488 e. The molecule has 0 fully saturated rings. The van der Waals surface area contributed by atoms with E-state index in [9.17, 15) is 0 Å². The molecule has 1 rings (SSSR count). The Morgan fingerprint density at radius 3 is 2.43 bits per heavy atom. The standard InChI is InChI=1S/C11H17NOS/c1-7(2)8(3)13-11-5-4-9(14)6-10(11)12/h4-8,14H,12H2,1-3H3. The second kappa shape index (κ2) is 4.60. The molecule has 0 aliphatic heterocycles. The van der Waals surface area contributed by atoms with Crippen LogP contribution < -0.4 is 10.5 Å². The molecule has 1 aromatic rings. The molecule has 2 N–H and O–H groups in total. The van der Waals surface area contributed by atoms with Gasteiger partial charge in [-0.05, 0) is 31.0 Å². The van der Waals surface area contributed by atoms with E-state index in [-0.39, 0.29) is 6.10 Å².